The number of methoxy groups -OCH3 is 3. The van der Waals surface area contributed by atoms with E-state index in [1.54, 1.807) is 21.3 Å². The molecule has 1 aliphatic rings. The minimum Gasteiger partial charge on any atom is -0.493 e. The lowest BCUT2D eigenvalue weighted by Gasteiger charge is -2.22. The number of fused-ring (bicyclic) bond motifs is 2. The van der Waals surface area contributed by atoms with Crippen LogP contribution >= 0.6 is 0 Å². The van der Waals surface area contributed by atoms with Crippen LogP contribution in [0.5, 0.6) is 17.2 Å². The minimum atomic E-state index is 0.525. The molecule has 2 aromatic heterocycles. The average Bonchev–Trinajstić information content (AvgIpc) is 3.45. The van der Waals surface area contributed by atoms with Gasteiger partial charge >= 0.3 is 0 Å². The zero-order valence-electron chi connectivity index (χ0n) is 21.0. The molecule has 182 valence electrons. The van der Waals surface area contributed by atoms with Crippen molar-refractivity contribution in [1.82, 2.24) is 19.7 Å². The molecule has 0 unspecified atom stereocenters. The summed E-state index contributed by atoms with van der Waals surface area (Å²) in [5, 5.41) is 9.15. The first-order chi connectivity index (χ1) is 16.9. The zero-order valence-corrected chi connectivity index (χ0v) is 21.0. The molecule has 5 rings (SSSR count). The normalized spacial score (nSPS) is 12.5. The number of ether oxygens (including phenoxy) is 3. The fourth-order valence-electron chi connectivity index (χ4n) is 4.68. The molecule has 2 aromatic carbocycles. The van der Waals surface area contributed by atoms with Gasteiger partial charge in [0, 0.05) is 54.2 Å². The lowest BCUT2D eigenvalue weighted by molar-refractivity contribution is 0.324. The van der Waals surface area contributed by atoms with E-state index in [-0.39, 0.29) is 0 Å². The van der Waals surface area contributed by atoms with E-state index in [1.165, 1.54) is 5.56 Å². The van der Waals surface area contributed by atoms with Crippen LogP contribution in [0.25, 0.3) is 10.9 Å². The van der Waals surface area contributed by atoms with Crippen molar-refractivity contribution in [1.29, 1.82) is 0 Å². The number of nitrogens with zero attached hydrogens (tertiary/aromatic N) is 5. The maximum Gasteiger partial charge on any atom is 0.229 e. The van der Waals surface area contributed by atoms with Crippen LogP contribution in [-0.4, -0.2) is 48.1 Å². The Kier molecular flexibility index (Phi) is 5.84. The molecule has 0 bridgehead atoms. The number of aromatic nitrogens is 4. The minimum absolute atomic E-state index is 0.525. The van der Waals surface area contributed by atoms with Crippen LogP contribution < -0.4 is 24.4 Å². The molecule has 0 radical (unpaired) electrons. The summed E-state index contributed by atoms with van der Waals surface area (Å²) in [5.74, 6) is 3.08. The van der Waals surface area contributed by atoms with Crippen molar-refractivity contribution in [2.24, 2.45) is 7.05 Å². The third kappa shape index (κ3) is 3.96. The monoisotopic (exact) mass is 474 g/mol. The van der Waals surface area contributed by atoms with Gasteiger partial charge in [-0.05, 0) is 44.4 Å². The predicted octanol–water partition coefficient (Wildman–Crippen LogP) is 4.70. The molecule has 0 amide bonds. The third-order valence-corrected chi connectivity index (χ3v) is 6.65. The molecule has 9 heteroatoms. The largest absolute Gasteiger partial charge is 0.493 e. The molecule has 35 heavy (non-hydrogen) atoms. The summed E-state index contributed by atoms with van der Waals surface area (Å²) < 4.78 is 18.3. The van der Waals surface area contributed by atoms with Crippen LogP contribution in [0.4, 0.5) is 23.1 Å². The number of hydrogen-bond donors (Lipinski definition) is 1. The van der Waals surface area contributed by atoms with Gasteiger partial charge in [0.2, 0.25) is 11.7 Å². The Labute approximate surface area is 204 Å². The molecule has 0 atom stereocenters. The fraction of sp³-hybridized carbons (Fsp3) is 0.346. The second kappa shape index (κ2) is 8.98. The molecule has 0 spiro atoms. The first-order valence-electron chi connectivity index (χ1n) is 11.6. The smallest absolute Gasteiger partial charge is 0.229 e. The number of hydrogen-bond acceptors (Lipinski definition) is 8. The lowest BCUT2D eigenvalue weighted by atomic mass is 10.1. The Morgan fingerprint density at radius 2 is 1.71 bits per heavy atom. The standard InChI is InChI=1S/C26H30N6O3/c1-15-18-11-10-17(14-21(18)30-32(15)3)31(2)25-19-8-7-9-20(19)28-26(29-25)27-16-12-22(33-4)24(35-6)23(13-16)34-5/h10-14H,7-9H2,1-6H3,(H,27,28,29). The Morgan fingerprint density at radius 1 is 0.971 bits per heavy atom. The molecule has 0 fully saturated rings. The van der Waals surface area contributed by atoms with Gasteiger partial charge in [0.05, 0.1) is 32.5 Å². The number of aryl methyl sites for hydroxylation is 3. The predicted molar refractivity (Wildman–Crippen MR) is 137 cm³/mol. The first-order valence-corrected chi connectivity index (χ1v) is 11.6. The lowest BCUT2D eigenvalue weighted by Crippen LogP contribution is -2.15. The first kappa shape index (κ1) is 22.8. The summed E-state index contributed by atoms with van der Waals surface area (Å²) in [6, 6.07) is 10.0. The average molecular weight is 475 g/mol. The number of nitrogens with one attached hydrogen (secondary N) is 1. The molecule has 0 aliphatic heterocycles. The highest BCUT2D eigenvalue weighted by molar-refractivity contribution is 5.86. The van der Waals surface area contributed by atoms with Crippen LogP contribution in [0.1, 0.15) is 23.4 Å². The van der Waals surface area contributed by atoms with Gasteiger partial charge in [0.15, 0.2) is 11.5 Å². The summed E-state index contributed by atoms with van der Waals surface area (Å²) in [6.45, 7) is 2.08. The number of benzene rings is 2. The Hall–Kier alpha value is -4.01. The quantitative estimate of drug-likeness (QED) is 0.413. The van der Waals surface area contributed by atoms with Crippen molar-refractivity contribution < 1.29 is 14.2 Å². The fourth-order valence-corrected chi connectivity index (χ4v) is 4.68. The van der Waals surface area contributed by atoms with Gasteiger partial charge < -0.3 is 24.4 Å². The summed E-state index contributed by atoms with van der Waals surface area (Å²) in [7, 11) is 8.79. The van der Waals surface area contributed by atoms with Gasteiger partial charge in [0.1, 0.15) is 5.82 Å². The van der Waals surface area contributed by atoms with E-state index in [4.69, 9.17) is 24.2 Å². The van der Waals surface area contributed by atoms with Gasteiger partial charge in [-0.15, -0.1) is 0 Å². The summed E-state index contributed by atoms with van der Waals surface area (Å²) in [6.07, 6.45) is 2.96. The zero-order chi connectivity index (χ0) is 24.7. The molecule has 2 heterocycles. The van der Waals surface area contributed by atoms with Gasteiger partial charge in [0.25, 0.3) is 0 Å². The molecular formula is C26H30N6O3. The van der Waals surface area contributed by atoms with Crippen LogP contribution in [-0.2, 0) is 19.9 Å². The third-order valence-electron chi connectivity index (χ3n) is 6.65. The van der Waals surface area contributed by atoms with E-state index in [0.717, 1.165) is 58.7 Å². The maximum absolute atomic E-state index is 5.49. The second-order valence-corrected chi connectivity index (χ2v) is 8.66. The van der Waals surface area contributed by atoms with Crippen LogP contribution in [0.3, 0.4) is 0 Å². The van der Waals surface area contributed by atoms with Crippen molar-refractivity contribution in [2.45, 2.75) is 26.2 Å². The van der Waals surface area contributed by atoms with E-state index in [0.29, 0.717) is 23.2 Å². The van der Waals surface area contributed by atoms with E-state index in [9.17, 15) is 0 Å². The number of rotatable bonds is 7. The molecule has 0 saturated carbocycles. The molecule has 0 saturated heterocycles. The molecule has 1 aliphatic carbocycles. The van der Waals surface area contributed by atoms with Crippen molar-refractivity contribution >= 4 is 34.0 Å². The van der Waals surface area contributed by atoms with Gasteiger partial charge in [-0.2, -0.15) is 10.1 Å². The Balaban J connectivity index is 1.53. The van der Waals surface area contributed by atoms with Crippen LogP contribution in [0.15, 0.2) is 30.3 Å². The Bertz CT molecular complexity index is 1390. The van der Waals surface area contributed by atoms with Crippen molar-refractivity contribution in [3.05, 3.63) is 47.3 Å². The SMILES string of the molecule is COc1cc(Nc2nc3c(c(N(C)c4ccc5c(C)n(C)nc5c4)n2)CCC3)cc(OC)c1OC. The molecule has 9 nitrogen and oxygen atoms in total. The highest BCUT2D eigenvalue weighted by atomic mass is 16.5. The second-order valence-electron chi connectivity index (χ2n) is 8.66. The summed E-state index contributed by atoms with van der Waals surface area (Å²) in [4.78, 5) is 11.9. The van der Waals surface area contributed by atoms with Crippen LogP contribution in [0, 0.1) is 6.92 Å². The molecule has 1 N–H and O–H groups in total. The van der Waals surface area contributed by atoms with E-state index >= 15 is 0 Å². The van der Waals surface area contributed by atoms with Crippen molar-refractivity contribution in [2.75, 3.05) is 38.6 Å². The van der Waals surface area contributed by atoms with E-state index in [1.807, 2.05) is 30.9 Å². The summed E-state index contributed by atoms with van der Waals surface area (Å²) in [5.41, 5.74) is 6.16. The maximum atomic E-state index is 5.49. The van der Waals surface area contributed by atoms with Gasteiger partial charge in [-0.25, -0.2) is 4.98 Å². The summed E-state index contributed by atoms with van der Waals surface area (Å²) >= 11 is 0. The van der Waals surface area contributed by atoms with Crippen molar-refractivity contribution in [3.63, 3.8) is 0 Å². The Morgan fingerprint density at radius 3 is 2.40 bits per heavy atom. The topological polar surface area (TPSA) is 86.6 Å². The van der Waals surface area contributed by atoms with Gasteiger partial charge in [-0.3, -0.25) is 4.68 Å². The highest BCUT2D eigenvalue weighted by Gasteiger charge is 2.23. The number of anilines is 4. The van der Waals surface area contributed by atoms with Gasteiger partial charge in [-0.1, -0.05) is 0 Å². The molecular weight excluding hydrogens is 444 g/mol. The molecule has 4 aromatic rings. The van der Waals surface area contributed by atoms with Crippen molar-refractivity contribution in [3.8, 4) is 17.2 Å². The van der Waals surface area contributed by atoms with Crippen LogP contribution in [0.2, 0.25) is 0 Å². The van der Waals surface area contributed by atoms with E-state index < -0.39 is 0 Å². The van der Waals surface area contributed by atoms with E-state index in [2.05, 4.69) is 40.4 Å². The highest BCUT2D eigenvalue weighted by Crippen LogP contribution is 2.41.